The highest BCUT2D eigenvalue weighted by molar-refractivity contribution is 8.00. The Labute approximate surface area is 181 Å². The monoisotopic (exact) mass is 421 g/mol. The predicted molar refractivity (Wildman–Crippen MR) is 119 cm³/mol. The molecule has 0 amide bonds. The molecular weight excluding hydrogens is 394 g/mol. The average molecular weight is 422 g/mol. The van der Waals surface area contributed by atoms with Crippen LogP contribution in [0.1, 0.15) is 62.9 Å². The number of nitrogens with zero attached hydrogens (tertiary/aromatic N) is 3. The Morgan fingerprint density at radius 3 is 2.67 bits per heavy atom. The van der Waals surface area contributed by atoms with Crippen LogP contribution in [0.5, 0.6) is 0 Å². The van der Waals surface area contributed by atoms with Crippen LogP contribution in [0, 0.1) is 0 Å². The van der Waals surface area contributed by atoms with E-state index in [2.05, 4.69) is 57.2 Å². The third kappa shape index (κ3) is 3.85. The van der Waals surface area contributed by atoms with E-state index >= 15 is 0 Å². The molecule has 0 spiro atoms. The SMILES string of the molecule is C[C@@H]1C[C@@H](Sc2nnc(Cc3cccc4ccccc34)n2C2CCCCC2)C(=O)O1. The van der Waals surface area contributed by atoms with Crippen LogP contribution < -0.4 is 0 Å². The molecule has 2 heterocycles. The first kappa shape index (κ1) is 19.6. The number of cyclic esters (lactones) is 1. The maximum absolute atomic E-state index is 12.2. The highest BCUT2D eigenvalue weighted by Crippen LogP contribution is 2.37. The Kier molecular flexibility index (Phi) is 5.50. The first-order chi connectivity index (χ1) is 14.7. The van der Waals surface area contributed by atoms with Gasteiger partial charge in [-0.05, 0) is 36.1 Å². The van der Waals surface area contributed by atoms with Crippen molar-refractivity contribution >= 4 is 28.5 Å². The number of carbonyl (C=O) groups is 1. The molecule has 1 aliphatic carbocycles. The lowest BCUT2D eigenvalue weighted by Gasteiger charge is -2.26. The van der Waals surface area contributed by atoms with Crippen LogP contribution in [0.15, 0.2) is 47.6 Å². The van der Waals surface area contributed by atoms with Crippen molar-refractivity contribution in [3.05, 3.63) is 53.9 Å². The minimum atomic E-state index is -0.183. The summed E-state index contributed by atoms with van der Waals surface area (Å²) >= 11 is 1.53. The Morgan fingerprint density at radius 2 is 1.87 bits per heavy atom. The van der Waals surface area contributed by atoms with Crippen molar-refractivity contribution < 1.29 is 9.53 Å². The Morgan fingerprint density at radius 1 is 1.07 bits per heavy atom. The summed E-state index contributed by atoms with van der Waals surface area (Å²) in [7, 11) is 0. The van der Waals surface area contributed by atoms with Crippen LogP contribution in [0.2, 0.25) is 0 Å². The lowest BCUT2D eigenvalue weighted by atomic mass is 9.95. The first-order valence-electron chi connectivity index (χ1n) is 11.0. The molecule has 0 bridgehead atoms. The van der Waals surface area contributed by atoms with E-state index in [0.29, 0.717) is 6.04 Å². The van der Waals surface area contributed by atoms with E-state index in [-0.39, 0.29) is 17.3 Å². The van der Waals surface area contributed by atoms with Gasteiger partial charge in [-0.1, -0.05) is 73.5 Å². The summed E-state index contributed by atoms with van der Waals surface area (Å²) in [6, 6.07) is 15.4. The summed E-state index contributed by atoms with van der Waals surface area (Å²) in [5, 5.41) is 12.4. The average Bonchev–Trinajstić information content (AvgIpc) is 3.31. The van der Waals surface area contributed by atoms with E-state index in [1.54, 1.807) is 0 Å². The number of thioether (sulfide) groups is 1. The van der Waals surface area contributed by atoms with Gasteiger partial charge >= 0.3 is 5.97 Å². The first-order valence-corrected chi connectivity index (χ1v) is 11.8. The van der Waals surface area contributed by atoms with Crippen molar-refractivity contribution in [2.24, 2.45) is 0 Å². The van der Waals surface area contributed by atoms with Crippen LogP contribution >= 0.6 is 11.8 Å². The van der Waals surface area contributed by atoms with Gasteiger partial charge in [-0.15, -0.1) is 10.2 Å². The largest absolute Gasteiger partial charge is 0.462 e. The molecular formula is C24H27N3O2S. The van der Waals surface area contributed by atoms with Gasteiger partial charge in [0.15, 0.2) is 5.16 Å². The lowest BCUT2D eigenvalue weighted by molar-refractivity contribution is -0.140. The number of aromatic nitrogens is 3. The van der Waals surface area contributed by atoms with Gasteiger partial charge in [0.1, 0.15) is 17.2 Å². The van der Waals surface area contributed by atoms with Gasteiger partial charge in [0.05, 0.1) is 0 Å². The zero-order chi connectivity index (χ0) is 20.5. The third-order valence-electron chi connectivity index (χ3n) is 6.28. The fourth-order valence-corrected chi connectivity index (χ4v) is 6.00. The third-order valence-corrected chi connectivity index (χ3v) is 7.44. The maximum Gasteiger partial charge on any atom is 0.319 e. The summed E-state index contributed by atoms with van der Waals surface area (Å²) in [5.74, 6) is 0.876. The van der Waals surface area contributed by atoms with Crippen LogP contribution in [-0.2, 0) is 16.0 Å². The lowest BCUT2D eigenvalue weighted by Crippen LogP contribution is -2.18. The van der Waals surface area contributed by atoms with E-state index in [0.717, 1.165) is 36.7 Å². The summed E-state index contributed by atoms with van der Waals surface area (Å²) < 4.78 is 7.70. The molecule has 0 radical (unpaired) electrons. The molecule has 6 heteroatoms. The second kappa shape index (κ2) is 8.42. The van der Waals surface area contributed by atoms with E-state index < -0.39 is 0 Å². The number of hydrogen-bond acceptors (Lipinski definition) is 5. The molecule has 156 valence electrons. The van der Waals surface area contributed by atoms with Gasteiger partial charge < -0.3 is 9.30 Å². The summed E-state index contributed by atoms with van der Waals surface area (Å²) in [5.41, 5.74) is 1.27. The molecule has 2 aliphatic rings. The zero-order valence-corrected chi connectivity index (χ0v) is 18.1. The Hall–Kier alpha value is -2.34. The van der Waals surface area contributed by atoms with Crippen LogP contribution in [-0.4, -0.2) is 32.1 Å². The van der Waals surface area contributed by atoms with Gasteiger partial charge in [0.2, 0.25) is 0 Å². The standard InChI is InChI=1S/C24H27N3O2S/c1-16-14-21(23(28)29-16)30-24-26-25-22(27(24)19-11-3-2-4-12-19)15-18-10-7-9-17-8-5-6-13-20(17)18/h5-10,13,16,19,21H,2-4,11-12,14-15H2,1H3/t16-,21-/m1/s1. The van der Waals surface area contributed by atoms with Crippen molar-refractivity contribution in [1.82, 2.24) is 14.8 Å². The molecule has 1 saturated carbocycles. The quantitative estimate of drug-likeness (QED) is 0.522. The minimum absolute atomic E-state index is 0.0174. The van der Waals surface area contributed by atoms with Crippen molar-refractivity contribution in [1.29, 1.82) is 0 Å². The summed E-state index contributed by atoms with van der Waals surface area (Å²) in [6.45, 7) is 1.95. The molecule has 30 heavy (non-hydrogen) atoms. The molecule has 1 aliphatic heterocycles. The molecule has 2 aromatic carbocycles. The van der Waals surface area contributed by atoms with E-state index in [4.69, 9.17) is 4.74 Å². The van der Waals surface area contributed by atoms with Gasteiger partial charge in [0.25, 0.3) is 0 Å². The molecule has 0 unspecified atom stereocenters. The second-order valence-corrected chi connectivity index (χ2v) is 9.64. The number of rotatable bonds is 5. The summed E-state index contributed by atoms with van der Waals surface area (Å²) in [4.78, 5) is 12.2. The molecule has 1 saturated heterocycles. The van der Waals surface area contributed by atoms with Crippen molar-refractivity contribution in [3.63, 3.8) is 0 Å². The van der Waals surface area contributed by atoms with Gasteiger partial charge in [-0.2, -0.15) is 0 Å². The summed E-state index contributed by atoms with van der Waals surface area (Å²) in [6.07, 6.45) is 7.55. The fraction of sp³-hybridized carbons (Fsp3) is 0.458. The number of carbonyl (C=O) groups excluding carboxylic acids is 1. The fourth-order valence-electron chi connectivity index (χ4n) is 4.77. The van der Waals surface area contributed by atoms with Crippen LogP contribution in [0.25, 0.3) is 10.8 Å². The molecule has 3 aromatic rings. The van der Waals surface area contributed by atoms with E-state index in [1.165, 1.54) is 47.4 Å². The molecule has 5 nitrogen and oxygen atoms in total. The van der Waals surface area contributed by atoms with Crippen molar-refractivity contribution in [2.45, 2.75) is 74.4 Å². The van der Waals surface area contributed by atoms with Crippen LogP contribution in [0.3, 0.4) is 0 Å². The van der Waals surface area contributed by atoms with Crippen molar-refractivity contribution in [2.75, 3.05) is 0 Å². The predicted octanol–water partition coefficient (Wildman–Crippen LogP) is 5.32. The topological polar surface area (TPSA) is 57.0 Å². The number of benzene rings is 2. The van der Waals surface area contributed by atoms with E-state index in [9.17, 15) is 4.79 Å². The molecule has 0 N–H and O–H groups in total. The number of ether oxygens (including phenoxy) is 1. The van der Waals surface area contributed by atoms with Gasteiger partial charge in [0, 0.05) is 18.9 Å². The van der Waals surface area contributed by atoms with Crippen LogP contribution in [0.4, 0.5) is 0 Å². The zero-order valence-electron chi connectivity index (χ0n) is 17.3. The smallest absolute Gasteiger partial charge is 0.319 e. The van der Waals surface area contributed by atoms with Gasteiger partial charge in [-0.3, -0.25) is 4.79 Å². The maximum atomic E-state index is 12.2. The highest BCUT2D eigenvalue weighted by Gasteiger charge is 2.35. The minimum Gasteiger partial charge on any atom is -0.462 e. The number of esters is 1. The Bertz CT molecular complexity index is 1050. The van der Waals surface area contributed by atoms with Crippen molar-refractivity contribution in [3.8, 4) is 0 Å². The molecule has 2 fully saturated rings. The number of hydrogen-bond donors (Lipinski definition) is 0. The molecule has 2 atom stereocenters. The molecule has 1 aromatic heterocycles. The molecule has 5 rings (SSSR count). The second-order valence-electron chi connectivity index (χ2n) is 8.47. The Balaban J connectivity index is 1.49. The highest BCUT2D eigenvalue weighted by atomic mass is 32.2. The van der Waals surface area contributed by atoms with Gasteiger partial charge in [-0.25, -0.2) is 0 Å². The number of fused-ring (bicyclic) bond motifs is 1. The van der Waals surface area contributed by atoms with E-state index in [1.807, 2.05) is 6.92 Å². The normalized spacial score (nSPS) is 22.5.